The lowest BCUT2D eigenvalue weighted by molar-refractivity contribution is 0.340. The van der Waals surface area contributed by atoms with E-state index in [1.54, 1.807) is 19.4 Å². The number of hydrogen-bond acceptors (Lipinski definition) is 4. The smallest absolute Gasteiger partial charge is 0.316 e. The van der Waals surface area contributed by atoms with Crippen molar-refractivity contribution >= 4 is 0 Å². The largest absolute Gasteiger partial charge is 0.494 e. The lowest BCUT2D eigenvalue weighted by Gasteiger charge is -2.14. The first-order chi connectivity index (χ1) is 10.0. The summed E-state index contributed by atoms with van der Waals surface area (Å²) >= 11 is 0. The van der Waals surface area contributed by atoms with E-state index in [1.165, 1.54) is 9.13 Å². The Morgan fingerprint density at radius 3 is 2.43 bits per heavy atom. The highest BCUT2D eigenvalue weighted by atomic mass is 16.5. The van der Waals surface area contributed by atoms with Gasteiger partial charge in [-0.25, -0.2) is 0 Å². The lowest BCUT2D eigenvalue weighted by Crippen LogP contribution is -2.40. The third kappa shape index (κ3) is 3.41. The van der Waals surface area contributed by atoms with E-state index in [0.717, 1.165) is 11.3 Å². The first kappa shape index (κ1) is 15.1. The van der Waals surface area contributed by atoms with Crippen molar-refractivity contribution < 1.29 is 4.74 Å². The second kappa shape index (κ2) is 6.41. The molecule has 2 aromatic rings. The van der Waals surface area contributed by atoms with Crippen molar-refractivity contribution in [2.24, 2.45) is 12.8 Å². The number of aromatic nitrogens is 2. The highest BCUT2D eigenvalue weighted by molar-refractivity contribution is 5.29. The first-order valence-corrected chi connectivity index (χ1v) is 6.77. The predicted octanol–water partition coefficient (Wildman–Crippen LogP) is 0.646. The monoisotopic (exact) mass is 289 g/mol. The van der Waals surface area contributed by atoms with Crippen LogP contribution in [0.15, 0.2) is 46.2 Å². The number of benzene rings is 1. The molecule has 0 spiro atoms. The minimum Gasteiger partial charge on any atom is -0.494 e. The molecule has 1 heterocycles. The molecule has 6 heteroatoms. The third-order valence-corrected chi connectivity index (χ3v) is 3.25. The Kier molecular flexibility index (Phi) is 4.59. The van der Waals surface area contributed by atoms with Gasteiger partial charge in [0.1, 0.15) is 5.75 Å². The van der Waals surface area contributed by atoms with Crippen LogP contribution >= 0.6 is 0 Å². The number of rotatable bonds is 5. The van der Waals surface area contributed by atoms with Gasteiger partial charge in [0.25, 0.3) is 0 Å². The van der Waals surface area contributed by atoms with E-state index in [4.69, 9.17) is 10.5 Å². The molecule has 0 radical (unpaired) electrons. The third-order valence-electron chi connectivity index (χ3n) is 3.25. The summed E-state index contributed by atoms with van der Waals surface area (Å²) < 4.78 is 7.95. The zero-order valence-electron chi connectivity index (χ0n) is 12.2. The second-order valence-electron chi connectivity index (χ2n) is 4.78. The average molecular weight is 289 g/mol. The molecule has 0 saturated carbocycles. The van der Waals surface area contributed by atoms with Crippen molar-refractivity contribution in [3.63, 3.8) is 0 Å². The van der Waals surface area contributed by atoms with Gasteiger partial charge in [-0.2, -0.15) is 0 Å². The van der Waals surface area contributed by atoms with Crippen molar-refractivity contribution in [3.05, 3.63) is 62.9 Å². The van der Waals surface area contributed by atoms with Crippen LogP contribution in [0.4, 0.5) is 0 Å². The SMILES string of the molecule is CCOc1ccc(C(N)Cn2ccn(C)c(=O)c2=O)cc1. The molecule has 6 nitrogen and oxygen atoms in total. The van der Waals surface area contributed by atoms with Crippen molar-refractivity contribution in [3.8, 4) is 5.75 Å². The van der Waals surface area contributed by atoms with Crippen LogP contribution in [0, 0.1) is 0 Å². The molecule has 0 aliphatic carbocycles. The normalized spacial score (nSPS) is 12.1. The molecule has 2 N–H and O–H groups in total. The van der Waals surface area contributed by atoms with Crippen LogP contribution < -0.4 is 21.6 Å². The number of ether oxygens (including phenoxy) is 1. The minimum absolute atomic E-state index is 0.253. The molecular weight excluding hydrogens is 270 g/mol. The lowest BCUT2D eigenvalue weighted by atomic mass is 10.1. The summed E-state index contributed by atoms with van der Waals surface area (Å²) in [6, 6.07) is 7.03. The van der Waals surface area contributed by atoms with Crippen LogP contribution in [0.25, 0.3) is 0 Å². The topological polar surface area (TPSA) is 79.2 Å². The number of aryl methyl sites for hydroxylation is 1. The van der Waals surface area contributed by atoms with E-state index in [2.05, 4.69) is 0 Å². The van der Waals surface area contributed by atoms with Gasteiger partial charge in [-0.15, -0.1) is 0 Å². The van der Waals surface area contributed by atoms with Gasteiger partial charge in [-0.3, -0.25) is 9.59 Å². The predicted molar refractivity (Wildman–Crippen MR) is 80.5 cm³/mol. The average Bonchev–Trinajstić information content (AvgIpc) is 2.49. The van der Waals surface area contributed by atoms with Gasteiger partial charge in [0.05, 0.1) is 6.61 Å². The Balaban J connectivity index is 2.18. The van der Waals surface area contributed by atoms with Crippen molar-refractivity contribution in [2.45, 2.75) is 19.5 Å². The molecule has 0 fully saturated rings. The van der Waals surface area contributed by atoms with Crippen molar-refractivity contribution in [1.82, 2.24) is 9.13 Å². The van der Waals surface area contributed by atoms with Gasteiger partial charge in [0.15, 0.2) is 0 Å². The minimum atomic E-state index is -0.568. The van der Waals surface area contributed by atoms with Gasteiger partial charge >= 0.3 is 11.1 Å². The fourth-order valence-electron chi connectivity index (χ4n) is 2.03. The molecule has 0 aliphatic heterocycles. The van der Waals surface area contributed by atoms with E-state index >= 15 is 0 Å². The Labute approximate surface area is 122 Å². The maximum absolute atomic E-state index is 11.8. The number of hydrogen-bond donors (Lipinski definition) is 1. The van der Waals surface area contributed by atoms with Crippen LogP contribution in [-0.4, -0.2) is 15.7 Å². The highest BCUT2D eigenvalue weighted by Crippen LogP contribution is 2.17. The molecule has 1 aromatic heterocycles. The van der Waals surface area contributed by atoms with E-state index in [-0.39, 0.29) is 12.6 Å². The summed E-state index contributed by atoms with van der Waals surface area (Å²) in [7, 11) is 1.54. The Hall–Kier alpha value is -2.34. The highest BCUT2D eigenvalue weighted by Gasteiger charge is 2.10. The van der Waals surface area contributed by atoms with Crippen molar-refractivity contribution in [1.29, 1.82) is 0 Å². The maximum Gasteiger partial charge on any atom is 0.316 e. The fraction of sp³-hybridized carbons (Fsp3) is 0.333. The molecule has 1 aromatic carbocycles. The van der Waals surface area contributed by atoms with Gasteiger partial charge < -0.3 is 19.6 Å². The van der Waals surface area contributed by atoms with Crippen LogP contribution in [-0.2, 0) is 13.6 Å². The van der Waals surface area contributed by atoms with Gasteiger partial charge in [-0.1, -0.05) is 12.1 Å². The summed E-state index contributed by atoms with van der Waals surface area (Å²) in [4.78, 5) is 23.4. The molecule has 1 unspecified atom stereocenters. The molecule has 0 bridgehead atoms. The molecule has 1 atom stereocenters. The summed E-state index contributed by atoms with van der Waals surface area (Å²) in [6.07, 6.45) is 3.12. The second-order valence-corrected chi connectivity index (χ2v) is 4.78. The van der Waals surface area contributed by atoms with E-state index in [0.29, 0.717) is 6.61 Å². The van der Waals surface area contributed by atoms with Gasteiger partial charge in [0, 0.05) is 32.0 Å². The summed E-state index contributed by atoms with van der Waals surface area (Å²) in [5.74, 6) is 0.777. The Morgan fingerprint density at radius 2 is 1.81 bits per heavy atom. The maximum atomic E-state index is 11.8. The van der Waals surface area contributed by atoms with Gasteiger partial charge in [-0.05, 0) is 24.6 Å². The van der Waals surface area contributed by atoms with Crippen LogP contribution in [0.1, 0.15) is 18.5 Å². The van der Waals surface area contributed by atoms with Crippen LogP contribution in [0.3, 0.4) is 0 Å². The van der Waals surface area contributed by atoms with Gasteiger partial charge in [0.2, 0.25) is 0 Å². The molecule has 2 rings (SSSR count). The Morgan fingerprint density at radius 1 is 1.14 bits per heavy atom. The summed E-state index contributed by atoms with van der Waals surface area (Å²) in [5, 5.41) is 0. The van der Waals surface area contributed by atoms with Crippen LogP contribution in [0.2, 0.25) is 0 Å². The molecule has 0 saturated heterocycles. The number of nitrogens with zero attached hydrogens (tertiary/aromatic N) is 2. The Bertz CT molecular complexity index is 716. The van der Waals surface area contributed by atoms with E-state index in [1.807, 2.05) is 31.2 Å². The molecular formula is C15H19N3O3. The standard InChI is InChI=1S/C15H19N3O3/c1-3-21-12-6-4-11(5-7-12)13(16)10-18-9-8-17(2)14(19)15(18)20/h4-9,13H,3,10,16H2,1-2H3. The molecule has 21 heavy (non-hydrogen) atoms. The number of nitrogens with two attached hydrogens (primary N) is 1. The quantitative estimate of drug-likeness (QED) is 0.819. The zero-order chi connectivity index (χ0) is 15.4. The molecule has 0 aliphatic rings. The van der Waals surface area contributed by atoms with E-state index in [9.17, 15) is 9.59 Å². The zero-order valence-corrected chi connectivity index (χ0v) is 12.2. The van der Waals surface area contributed by atoms with Crippen molar-refractivity contribution in [2.75, 3.05) is 6.61 Å². The molecule has 0 amide bonds. The summed E-state index contributed by atoms with van der Waals surface area (Å²) in [6.45, 7) is 2.78. The summed E-state index contributed by atoms with van der Waals surface area (Å²) in [5.41, 5.74) is 5.85. The van der Waals surface area contributed by atoms with E-state index < -0.39 is 11.1 Å². The van der Waals surface area contributed by atoms with Crippen LogP contribution in [0.5, 0.6) is 5.75 Å². The first-order valence-electron chi connectivity index (χ1n) is 6.77. The fourth-order valence-corrected chi connectivity index (χ4v) is 2.03. The molecule has 112 valence electrons.